The maximum atomic E-state index is 13.6. The first kappa shape index (κ1) is 45.8. The fraction of sp³-hybridized carbons (Fsp3) is 0.688. The molecule has 0 saturated heterocycles. The zero-order valence-corrected chi connectivity index (χ0v) is 30.2. The van der Waals surface area contributed by atoms with Crippen LogP contribution in [0.4, 0.5) is 4.79 Å². The van der Waals surface area contributed by atoms with Crippen molar-refractivity contribution in [1.29, 1.82) is 0 Å². The summed E-state index contributed by atoms with van der Waals surface area (Å²) >= 11 is 1.55. The molecule has 18 heteroatoms. The average molecular weight is 732 g/mol. The van der Waals surface area contributed by atoms with Gasteiger partial charge in [-0.2, -0.15) is 11.8 Å². The molecule has 0 aliphatic heterocycles. The van der Waals surface area contributed by atoms with E-state index in [2.05, 4.69) is 20.3 Å². The number of ether oxygens (including phenoxy) is 1. The zero-order chi connectivity index (χ0) is 37.7. The van der Waals surface area contributed by atoms with Crippen molar-refractivity contribution in [2.24, 2.45) is 0 Å². The van der Waals surface area contributed by atoms with Crippen molar-refractivity contribution in [2.45, 2.75) is 110 Å². The molecule has 17 nitrogen and oxygen atoms in total. The van der Waals surface area contributed by atoms with Crippen LogP contribution in [0.15, 0.2) is 30.3 Å². The third-order valence-electron chi connectivity index (χ3n) is 7.16. The molecule has 50 heavy (non-hydrogen) atoms. The van der Waals surface area contributed by atoms with E-state index in [9.17, 15) is 44.5 Å². The quantitative estimate of drug-likeness (QED) is 0.0374. The first-order chi connectivity index (χ1) is 23.9. The topological polar surface area (TPSA) is 230 Å². The van der Waals surface area contributed by atoms with Gasteiger partial charge in [0.2, 0.25) is 12.2 Å². The number of hydrogen-bond acceptors (Lipinski definition) is 13. The fourth-order valence-corrected chi connectivity index (χ4v) is 5.27. The number of amides is 2. The number of alkyl carbamates (subject to hydrolysis) is 1. The van der Waals surface area contributed by atoms with Gasteiger partial charge in [0.25, 0.3) is 10.2 Å². The van der Waals surface area contributed by atoms with Gasteiger partial charge in [-0.05, 0) is 76.5 Å². The summed E-state index contributed by atoms with van der Waals surface area (Å²) in [5.74, 6) is 0.296. The van der Waals surface area contributed by atoms with E-state index in [0.717, 1.165) is 36.9 Å². The van der Waals surface area contributed by atoms with Crippen molar-refractivity contribution >= 4 is 36.0 Å². The molecule has 1 aromatic carbocycles. The van der Waals surface area contributed by atoms with Crippen molar-refractivity contribution in [3.05, 3.63) is 56.1 Å². The van der Waals surface area contributed by atoms with E-state index in [0.29, 0.717) is 50.8 Å². The Labute approximate surface area is 297 Å². The molecule has 0 aromatic heterocycles. The molecule has 0 bridgehead atoms. The van der Waals surface area contributed by atoms with E-state index in [1.807, 2.05) is 51.1 Å². The van der Waals surface area contributed by atoms with Crippen molar-refractivity contribution in [1.82, 2.24) is 15.5 Å². The van der Waals surface area contributed by atoms with Crippen LogP contribution in [0.25, 0.3) is 0 Å². The Kier molecular flexibility index (Phi) is 26.2. The molecule has 0 fully saturated rings. The number of unbranched alkanes of at least 4 members (excludes halogenated alkanes) is 2. The molecule has 0 saturated carbocycles. The van der Waals surface area contributed by atoms with Gasteiger partial charge >= 0.3 is 12.1 Å². The highest BCUT2D eigenvalue weighted by molar-refractivity contribution is 7.99. The van der Waals surface area contributed by atoms with Crippen LogP contribution in [0, 0.1) is 20.2 Å². The van der Waals surface area contributed by atoms with Crippen molar-refractivity contribution in [2.75, 3.05) is 31.2 Å². The lowest BCUT2D eigenvalue weighted by atomic mass is 10.0. The lowest BCUT2D eigenvalue weighted by Gasteiger charge is -2.33. The molecule has 2 amide bonds. The van der Waals surface area contributed by atoms with Crippen LogP contribution < -0.4 is 10.6 Å². The number of carboxylic acid groups (broad SMARTS) is 1. The van der Waals surface area contributed by atoms with Crippen molar-refractivity contribution < 1.29 is 48.9 Å². The van der Waals surface area contributed by atoms with Crippen LogP contribution in [-0.2, 0) is 35.2 Å². The van der Waals surface area contributed by atoms with Gasteiger partial charge in [-0.25, -0.2) is 4.79 Å². The maximum Gasteiger partial charge on any atom is 0.409 e. The highest BCUT2D eigenvalue weighted by Gasteiger charge is 2.30. The van der Waals surface area contributed by atoms with Crippen LogP contribution in [0.2, 0.25) is 0 Å². The monoisotopic (exact) mass is 731 g/mol. The van der Waals surface area contributed by atoms with Crippen LogP contribution in [0.5, 0.6) is 0 Å². The van der Waals surface area contributed by atoms with Gasteiger partial charge in [-0.15, -0.1) is 20.2 Å². The predicted molar refractivity (Wildman–Crippen MR) is 186 cm³/mol. The molecule has 1 rings (SSSR count). The molecule has 3 N–H and O–H groups in total. The SMILES string of the molecule is CCCN(C(=O)C(CCCCNC(=O)OC(C)O[N+](=O)[O-])NC(CCc1ccccc1)C(=O)O)C(C)CC.O=CCCCSCCO[N+](=O)[O-]. The summed E-state index contributed by atoms with van der Waals surface area (Å²) in [6, 6.07) is 8.00. The molecular formula is C32H53N5O12S. The number of rotatable bonds is 27. The summed E-state index contributed by atoms with van der Waals surface area (Å²) in [6.45, 7) is 8.11. The first-order valence-electron chi connectivity index (χ1n) is 16.7. The van der Waals surface area contributed by atoms with Gasteiger partial charge in [0.1, 0.15) is 18.9 Å². The number of aryl methyl sites for hydroxylation is 1. The standard InChI is InChI=1S/C26H42N4O8.C6H11NO4S/c1-5-18-29(19(3)6-2)24(31)22(14-10-11-17-27-26(34)37-20(4)38-30(35)36)28-23(25(32)33)16-15-21-12-8-7-9-13-21;8-3-1-2-5-12-6-4-11-7(9)10/h7-9,12-13,19-20,22-23,28H,5-6,10-11,14-18H2,1-4H3,(H,27,34)(H,32,33);3H,1-2,4-6H2. The smallest absolute Gasteiger partial charge is 0.409 e. The molecule has 0 aliphatic rings. The summed E-state index contributed by atoms with van der Waals surface area (Å²) in [6.07, 6.45) is 3.89. The number of aliphatic carboxylic acids is 1. The molecule has 0 radical (unpaired) electrons. The van der Waals surface area contributed by atoms with Gasteiger partial charge in [-0.1, -0.05) is 44.2 Å². The number of thioether (sulfide) groups is 1. The Morgan fingerprint density at radius 2 is 1.70 bits per heavy atom. The predicted octanol–water partition coefficient (Wildman–Crippen LogP) is 4.43. The summed E-state index contributed by atoms with van der Waals surface area (Å²) in [5, 5.41) is 33.6. The fourth-order valence-electron chi connectivity index (χ4n) is 4.50. The van der Waals surface area contributed by atoms with E-state index in [4.69, 9.17) is 4.74 Å². The number of nitrogens with one attached hydrogen (secondary N) is 2. The van der Waals surface area contributed by atoms with Crippen molar-refractivity contribution in [3.8, 4) is 0 Å². The van der Waals surface area contributed by atoms with E-state index in [-0.39, 0.29) is 25.1 Å². The average Bonchev–Trinajstić information content (AvgIpc) is 3.07. The van der Waals surface area contributed by atoms with Crippen molar-refractivity contribution in [3.63, 3.8) is 0 Å². The lowest BCUT2D eigenvalue weighted by Crippen LogP contribution is -2.54. The van der Waals surface area contributed by atoms with Crippen LogP contribution in [0.3, 0.4) is 0 Å². The number of hydrogen-bond donors (Lipinski definition) is 3. The number of carbonyl (C=O) groups is 4. The van der Waals surface area contributed by atoms with E-state index in [1.165, 1.54) is 6.92 Å². The van der Waals surface area contributed by atoms with Gasteiger partial charge < -0.3 is 29.7 Å². The summed E-state index contributed by atoms with van der Waals surface area (Å²) in [7, 11) is 0. The Bertz CT molecular complexity index is 1130. The largest absolute Gasteiger partial charge is 0.480 e. The van der Waals surface area contributed by atoms with Gasteiger partial charge in [0.15, 0.2) is 0 Å². The summed E-state index contributed by atoms with van der Waals surface area (Å²) in [5.41, 5.74) is 1.02. The third kappa shape index (κ3) is 23.2. The Morgan fingerprint density at radius 1 is 1.00 bits per heavy atom. The molecule has 0 heterocycles. The number of benzene rings is 1. The Balaban J connectivity index is 0.00000169. The number of nitrogens with zero attached hydrogens (tertiary/aromatic N) is 3. The number of carbonyl (C=O) groups excluding carboxylic acids is 3. The van der Waals surface area contributed by atoms with Gasteiger partial charge in [0.05, 0.1) is 6.04 Å². The molecule has 4 atom stereocenters. The summed E-state index contributed by atoms with van der Waals surface area (Å²) in [4.78, 5) is 77.2. The second kappa shape index (κ2) is 28.6. The minimum atomic E-state index is -1.34. The highest BCUT2D eigenvalue weighted by atomic mass is 32.2. The number of aldehydes is 1. The molecule has 4 unspecified atom stereocenters. The second-order valence-electron chi connectivity index (χ2n) is 11.1. The van der Waals surface area contributed by atoms with Crippen LogP contribution in [0.1, 0.15) is 84.6 Å². The molecule has 0 aliphatic carbocycles. The maximum absolute atomic E-state index is 13.6. The van der Waals surface area contributed by atoms with E-state index < -0.39 is 40.6 Å². The minimum Gasteiger partial charge on any atom is -0.480 e. The zero-order valence-electron chi connectivity index (χ0n) is 29.4. The molecular weight excluding hydrogens is 678 g/mol. The van der Waals surface area contributed by atoms with Gasteiger partial charge in [0, 0.05) is 31.3 Å². The first-order valence-corrected chi connectivity index (χ1v) is 17.9. The summed E-state index contributed by atoms with van der Waals surface area (Å²) < 4.78 is 4.71. The Hall–Kier alpha value is -4.19. The minimum absolute atomic E-state index is 0.0131. The normalized spacial score (nSPS) is 12.9. The molecule has 0 spiro atoms. The second-order valence-corrected chi connectivity index (χ2v) is 12.4. The lowest BCUT2D eigenvalue weighted by molar-refractivity contribution is -0.777. The van der Waals surface area contributed by atoms with Crippen LogP contribution >= 0.6 is 11.8 Å². The Morgan fingerprint density at radius 3 is 2.28 bits per heavy atom. The highest BCUT2D eigenvalue weighted by Crippen LogP contribution is 2.14. The number of carboxylic acids is 1. The molecule has 284 valence electrons. The van der Waals surface area contributed by atoms with E-state index in [1.54, 1.807) is 16.7 Å². The van der Waals surface area contributed by atoms with Gasteiger partial charge in [-0.3, -0.25) is 19.7 Å². The van der Waals surface area contributed by atoms with E-state index >= 15 is 0 Å². The third-order valence-corrected chi connectivity index (χ3v) is 8.20. The molecule has 1 aromatic rings. The van der Waals surface area contributed by atoms with Crippen LogP contribution in [-0.4, -0.2) is 100 Å².